The van der Waals surface area contributed by atoms with E-state index in [4.69, 9.17) is 11.5 Å². The number of benzene rings is 1. The number of rotatable bonds is 7. The van der Waals surface area contributed by atoms with Crippen LogP contribution in [-0.2, 0) is 0 Å². The van der Waals surface area contributed by atoms with Gasteiger partial charge >= 0.3 is 6.18 Å². The SMILES string of the molecule is CSc1ccc(C(NCCCN=C(N)N)C(F)(F)F)cc1. The van der Waals surface area contributed by atoms with Crippen LogP contribution in [0.25, 0.3) is 0 Å². The largest absolute Gasteiger partial charge is 0.407 e. The molecule has 0 saturated heterocycles. The molecule has 1 aromatic rings. The zero-order valence-corrected chi connectivity index (χ0v) is 12.5. The molecule has 0 fully saturated rings. The molecule has 0 radical (unpaired) electrons. The first-order chi connectivity index (χ1) is 9.84. The van der Waals surface area contributed by atoms with E-state index in [-0.39, 0.29) is 18.1 Å². The van der Waals surface area contributed by atoms with E-state index in [0.717, 1.165) is 4.90 Å². The van der Waals surface area contributed by atoms with Crippen LogP contribution in [0.2, 0.25) is 0 Å². The van der Waals surface area contributed by atoms with Gasteiger partial charge in [0.1, 0.15) is 6.04 Å². The van der Waals surface area contributed by atoms with Crippen molar-refractivity contribution < 1.29 is 13.2 Å². The Kier molecular flexibility index (Phi) is 6.83. The summed E-state index contributed by atoms with van der Waals surface area (Å²) < 4.78 is 39.3. The number of nitrogens with two attached hydrogens (primary N) is 2. The highest BCUT2D eigenvalue weighted by Crippen LogP contribution is 2.33. The molecule has 21 heavy (non-hydrogen) atoms. The lowest BCUT2D eigenvalue weighted by molar-refractivity contribution is -0.157. The van der Waals surface area contributed by atoms with Gasteiger partial charge in [-0.05, 0) is 36.9 Å². The predicted octanol–water partition coefficient (Wildman–Crippen LogP) is 2.27. The third-order valence-corrected chi connectivity index (χ3v) is 3.50. The summed E-state index contributed by atoms with van der Waals surface area (Å²) in [6, 6.07) is 4.66. The van der Waals surface area contributed by atoms with Gasteiger partial charge in [0.05, 0.1) is 0 Å². The number of hydrogen-bond acceptors (Lipinski definition) is 3. The molecule has 0 heterocycles. The van der Waals surface area contributed by atoms with E-state index < -0.39 is 12.2 Å². The average molecular weight is 320 g/mol. The van der Waals surface area contributed by atoms with Crippen molar-refractivity contribution in [3.05, 3.63) is 29.8 Å². The fourth-order valence-electron chi connectivity index (χ4n) is 1.75. The van der Waals surface area contributed by atoms with Gasteiger partial charge in [0.2, 0.25) is 0 Å². The van der Waals surface area contributed by atoms with E-state index in [1.807, 2.05) is 6.26 Å². The zero-order chi connectivity index (χ0) is 15.9. The van der Waals surface area contributed by atoms with Gasteiger partial charge in [0.25, 0.3) is 0 Å². The summed E-state index contributed by atoms with van der Waals surface area (Å²) in [5, 5.41) is 2.50. The van der Waals surface area contributed by atoms with Crippen molar-refractivity contribution >= 4 is 17.7 Å². The van der Waals surface area contributed by atoms with E-state index in [1.165, 1.54) is 23.9 Å². The van der Waals surface area contributed by atoms with E-state index in [9.17, 15) is 13.2 Å². The summed E-state index contributed by atoms with van der Waals surface area (Å²) in [6.07, 6.45) is -2.05. The molecule has 0 amide bonds. The summed E-state index contributed by atoms with van der Waals surface area (Å²) in [5.74, 6) is -0.0602. The molecule has 0 aliphatic carbocycles. The number of nitrogens with one attached hydrogen (secondary N) is 1. The Hall–Kier alpha value is -1.41. The number of thioether (sulfide) groups is 1. The molecule has 4 nitrogen and oxygen atoms in total. The van der Waals surface area contributed by atoms with E-state index in [0.29, 0.717) is 13.0 Å². The Morgan fingerprint density at radius 2 is 1.90 bits per heavy atom. The second-order valence-corrected chi connectivity index (χ2v) is 5.24. The standard InChI is InChI=1S/C13H19F3N4S/c1-21-10-5-3-9(4-6-10)11(13(14,15)16)19-7-2-8-20-12(17)18/h3-6,11,19H,2,7-8H2,1H3,(H4,17,18,20). The third-order valence-electron chi connectivity index (χ3n) is 2.75. The maximum absolute atomic E-state index is 13.1. The lowest BCUT2D eigenvalue weighted by Gasteiger charge is -2.22. The van der Waals surface area contributed by atoms with Gasteiger partial charge in [-0.25, -0.2) is 0 Å². The Balaban J connectivity index is 2.66. The molecule has 118 valence electrons. The lowest BCUT2D eigenvalue weighted by atomic mass is 10.1. The van der Waals surface area contributed by atoms with Crippen LogP contribution in [0.5, 0.6) is 0 Å². The smallest absolute Gasteiger partial charge is 0.370 e. The van der Waals surface area contributed by atoms with Crippen molar-refractivity contribution in [1.82, 2.24) is 5.32 Å². The monoisotopic (exact) mass is 320 g/mol. The van der Waals surface area contributed by atoms with Gasteiger partial charge in [0, 0.05) is 11.4 Å². The van der Waals surface area contributed by atoms with Crippen LogP contribution in [0, 0.1) is 0 Å². The van der Waals surface area contributed by atoms with Crippen molar-refractivity contribution in [2.24, 2.45) is 16.5 Å². The quantitative estimate of drug-likeness (QED) is 0.312. The van der Waals surface area contributed by atoms with Crippen LogP contribution < -0.4 is 16.8 Å². The molecule has 0 bridgehead atoms. The van der Waals surface area contributed by atoms with Crippen LogP contribution in [0.3, 0.4) is 0 Å². The third kappa shape index (κ3) is 6.26. The Morgan fingerprint density at radius 1 is 1.29 bits per heavy atom. The Labute approximate surface area is 126 Å². The van der Waals surface area contributed by atoms with Crippen molar-refractivity contribution in [2.75, 3.05) is 19.3 Å². The molecule has 1 aromatic carbocycles. The van der Waals surface area contributed by atoms with E-state index >= 15 is 0 Å². The first-order valence-electron chi connectivity index (χ1n) is 6.34. The number of hydrogen-bond donors (Lipinski definition) is 3. The minimum Gasteiger partial charge on any atom is -0.370 e. The summed E-state index contributed by atoms with van der Waals surface area (Å²) in [6.45, 7) is 0.469. The zero-order valence-electron chi connectivity index (χ0n) is 11.7. The lowest BCUT2D eigenvalue weighted by Crippen LogP contribution is -2.35. The van der Waals surface area contributed by atoms with Crippen molar-refractivity contribution in [2.45, 2.75) is 23.5 Å². The molecular formula is C13H19F3N4S. The molecular weight excluding hydrogens is 301 g/mol. The highest BCUT2D eigenvalue weighted by molar-refractivity contribution is 7.98. The number of alkyl halides is 3. The second kappa shape index (κ2) is 8.14. The van der Waals surface area contributed by atoms with Gasteiger partial charge in [-0.3, -0.25) is 4.99 Å². The second-order valence-electron chi connectivity index (χ2n) is 4.36. The fraction of sp³-hybridized carbons (Fsp3) is 0.462. The van der Waals surface area contributed by atoms with E-state index in [1.54, 1.807) is 12.1 Å². The molecule has 8 heteroatoms. The normalized spacial score (nSPS) is 13.0. The average Bonchev–Trinajstić information content (AvgIpc) is 2.41. The molecule has 1 rings (SSSR count). The van der Waals surface area contributed by atoms with Gasteiger partial charge in [-0.2, -0.15) is 13.2 Å². The summed E-state index contributed by atoms with van der Waals surface area (Å²) in [5.41, 5.74) is 10.5. The van der Waals surface area contributed by atoms with Crippen LogP contribution in [0.15, 0.2) is 34.2 Å². The molecule has 0 aliphatic heterocycles. The molecule has 0 aromatic heterocycles. The minimum absolute atomic E-state index is 0.0602. The number of guanidine groups is 1. The molecule has 0 saturated carbocycles. The van der Waals surface area contributed by atoms with Crippen LogP contribution in [-0.4, -0.2) is 31.5 Å². The highest BCUT2D eigenvalue weighted by atomic mass is 32.2. The molecule has 5 N–H and O–H groups in total. The maximum atomic E-state index is 13.1. The first-order valence-corrected chi connectivity index (χ1v) is 7.56. The molecule has 1 atom stereocenters. The minimum atomic E-state index is -4.35. The van der Waals surface area contributed by atoms with Gasteiger partial charge in [-0.15, -0.1) is 11.8 Å². The Morgan fingerprint density at radius 3 is 2.38 bits per heavy atom. The van der Waals surface area contributed by atoms with Gasteiger partial charge in [0.15, 0.2) is 5.96 Å². The van der Waals surface area contributed by atoms with Crippen LogP contribution >= 0.6 is 11.8 Å². The number of aliphatic imine (C=N–C) groups is 1. The van der Waals surface area contributed by atoms with Crippen molar-refractivity contribution in [3.8, 4) is 0 Å². The van der Waals surface area contributed by atoms with Crippen LogP contribution in [0.1, 0.15) is 18.0 Å². The van der Waals surface area contributed by atoms with Gasteiger partial charge < -0.3 is 16.8 Å². The number of nitrogens with zero attached hydrogens (tertiary/aromatic N) is 1. The molecule has 0 aliphatic rings. The molecule has 0 spiro atoms. The number of halogens is 3. The Bertz CT molecular complexity index is 455. The molecule has 1 unspecified atom stereocenters. The summed E-state index contributed by atoms with van der Waals surface area (Å²) >= 11 is 1.48. The van der Waals surface area contributed by atoms with Gasteiger partial charge in [-0.1, -0.05) is 12.1 Å². The topological polar surface area (TPSA) is 76.4 Å². The maximum Gasteiger partial charge on any atom is 0.407 e. The predicted molar refractivity (Wildman–Crippen MR) is 80.3 cm³/mol. The van der Waals surface area contributed by atoms with Crippen molar-refractivity contribution in [3.63, 3.8) is 0 Å². The van der Waals surface area contributed by atoms with Crippen LogP contribution in [0.4, 0.5) is 13.2 Å². The van der Waals surface area contributed by atoms with Crippen molar-refractivity contribution in [1.29, 1.82) is 0 Å². The summed E-state index contributed by atoms with van der Waals surface area (Å²) in [7, 11) is 0. The first kappa shape index (κ1) is 17.6. The fourth-order valence-corrected chi connectivity index (χ4v) is 2.16. The highest BCUT2D eigenvalue weighted by Gasteiger charge is 2.40. The summed E-state index contributed by atoms with van der Waals surface area (Å²) in [4.78, 5) is 4.65. The van der Waals surface area contributed by atoms with E-state index in [2.05, 4.69) is 10.3 Å².